The van der Waals surface area contributed by atoms with Gasteiger partial charge in [0.2, 0.25) is 0 Å². The number of aromatic hydroxyl groups is 1. The number of hydrogen-bond donors (Lipinski definition) is 2. The van der Waals surface area contributed by atoms with E-state index in [1.165, 1.54) is 0 Å². The number of fused-ring (bicyclic) bond motifs is 1. The first kappa shape index (κ1) is 21.4. The normalized spacial score (nSPS) is 15.3. The van der Waals surface area contributed by atoms with Crippen LogP contribution in [0.3, 0.4) is 0 Å². The van der Waals surface area contributed by atoms with Crippen LogP contribution < -0.4 is 10.2 Å². The Morgan fingerprint density at radius 2 is 2.00 bits per heavy atom. The maximum atomic E-state index is 12.7. The minimum absolute atomic E-state index is 0. The quantitative estimate of drug-likeness (QED) is 0.452. The van der Waals surface area contributed by atoms with Crippen LogP contribution in [0.5, 0.6) is 5.75 Å². The maximum absolute atomic E-state index is 12.7. The first-order valence-electron chi connectivity index (χ1n) is 11.1. The van der Waals surface area contributed by atoms with E-state index in [9.17, 15) is 9.90 Å². The van der Waals surface area contributed by atoms with Crippen molar-refractivity contribution >= 4 is 22.6 Å². The predicted octanol–water partition coefficient (Wildman–Crippen LogP) is 4.93. The number of carbonyl (C=O) groups excluding carboxylic acids is 1. The van der Waals surface area contributed by atoms with Crippen LogP contribution in [0.4, 0.5) is 5.82 Å². The number of nitrogens with zero attached hydrogens (tertiary/aromatic N) is 4. The number of para-hydroxylation sites is 1. The van der Waals surface area contributed by atoms with E-state index in [4.69, 9.17) is 15.2 Å². The molecule has 1 fully saturated rings. The van der Waals surface area contributed by atoms with E-state index >= 15 is 0 Å². The van der Waals surface area contributed by atoms with Crippen molar-refractivity contribution in [3.63, 3.8) is 0 Å². The van der Waals surface area contributed by atoms with Gasteiger partial charge >= 0.3 is 0 Å². The van der Waals surface area contributed by atoms with Crippen LogP contribution >= 0.6 is 0 Å². The van der Waals surface area contributed by atoms with Gasteiger partial charge in [0.1, 0.15) is 11.6 Å². The zero-order valence-electron chi connectivity index (χ0n) is 18.7. The molecule has 5 rings (SSSR count). The number of aromatic nitrogens is 2. The van der Waals surface area contributed by atoms with E-state index < -0.39 is 0 Å². The molecule has 0 aliphatic carbocycles. The van der Waals surface area contributed by atoms with Gasteiger partial charge in [0.25, 0.3) is 5.91 Å². The van der Waals surface area contributed by atoms with Crippen molar-refractivity contribution in [1.82, 2.24) is 15.3 Å². The number of nitriles is 1. The van der Waals surface area contributed by atoms with Crippen LogP contribution in [0.25, 0.3) is 22.3 Å². The monoisotopic (exact) mass is 455 g/mol. The number of nitrogens with one attached hydrogen (secondary N) is 1. The molecule has 1 saturated heterocycles. The summed E-state index contributed by atoms with van der Waals surface area (Å²) in [6.45, 7) is 3.34. The molecule has 0 radical (unpaired) electrons. The molecule has 1 aliphatic heterocycles. The fourth-order valence-electron chi connectivity index (χ4n) is 4.32. The molecule has 7 nitrogen and oxygen atoms in total. The lowest BCUT2D eigenvalue weighted by atomic mass is 10.1. The van der Waals surface area contributed by atoms with Gasteiger partial charge in [-0.3, -0.25) is 4.79 Å². The second-order valence-corrected chi connectivity index (χ2v) is 8.51. The van der Waals surface area contributed by atoms with E-state index in [1.807, 2.05) is 31.2 Å². The van der Waals surface area contributed by atoms with Gasteiger partial charge in [-0.25, -0.2) is 9.97 Å². The average Bonchev–Trinajstić information content (AvgIpc) is 3.31. The SMILES string of the molecule is Cc1ccc2c(N3CC[C@@H](NC(=O)c4cccc(C#N)c4)C3)nc(-c3ccccc3O)nc2c1.[HH].[HH].[HH]. The summed E-state index contributed by atoms with van der Waals surface area (Å²) in [5.74, 6) is 1.19. The molecule has 0 spiro atoms. The summed E-state index contributed by atoms with van der Waals surface area (Å²) in [5, 5.41) is 23.5. The molecule has 3 aromatic carbocycles. The second kappa shape index (κ2) is 8.83. The summed E-state index contributed by atoms with van der Waals surface area (Å²) in [7, 11) is 0. The van der Waals surface area contributed by atoms with E-state index in [0.29, 0.717) is 29.1 Å². The molecule has 2 heterocycles. The van der Waals surface area contributed by atoms with Gasteiger partial charge in [0.15, 0.2) is 5.82 Å². The number of carbonyl (C=O) groups is 1. The van der Waals surface area contributed by atoms with Crippen molar-refractivity contribution in [2.24, 2.45) is 0 Å². The fraction of sp³-hybridized carbons (Fsp3) is 0.185. The molecule has 0 bridgehead atoms. The summed E-state index contributed by atoms with van der Waals surface area (Å²) in [6, 6.07) is 21.8. The first-order valence-corrected chi connectivity index (χ1v) is 11.1. The Morgan fingerprint density at radius 3 is 2.82 bits per heavy atom. The van der Waals surface area contributed by atoms with Crippen LogP contribution in [0, 0.1) is 18.3 Å². The number of amides is 1. The van der Waals surface area contributed by atoms with Crippen molar-refractivity contribution in [2.45, 2.75) is 19.4 Å². The molecule has 4 aromatic rings. The van der Waals surface area contributed by atoms with Crippen LogP contribution in [0.2, 0.25) is 0 Å². The molecule has 1 amide bonds. The van der Waals surface area contributed by atoms with E-state index in [1.54, 1.807) is 42.5 Å². The van der Waals surface area contributed by atoms with Crippen molar-refractivity contribution in [3.05, 3.63) is 83.4 Å². The zero-order chi connectivity index (χ0) is 23.7. The van der Waals surface area contributed by atoms with Gasteiger partial charge in [-0.2, -0.15) is 5.26 Å². The lowest BCUT2D eigenvalue weighted by Crippen LogP contribution is -2.37. The molecule has 1 aromatic heterocycles. The highest BCUT2D eigenvalue weighted by Gasteiger charge is 2.27. The zero-order valence-corrected chi connectivity index (χ0v) is 18.7. The Bertz CT molecular complexity index is 1460. The lowest BCUT2D eigenvalue weighted by molar-refractivity contribution is 0.0940. The Labute approximate surface area is 201 Å². The second-order valence-electron chi connectivity index (χ2n) is 8.51. The molecular weight excluding hydrogens is 426 g/mol. The fourth-order valence-corrected chi connectivity index (χ4v) is 4.32. The Balaban J connectivity index is 0.00000160. The van der Waals surface area contributed by atoms with Gasteiger partial charge in [0.05, 0.1) is 22.7 Å². The van der Waals surface area contributed by atoms with E-state index in [-0.39, 0.29) is 22.0 Å². The average molecular weight is 456 g/mol. The number of rotatable bonds is 4. The smallest absolute Gasteiger partial charge is 0.251 e. The Kier molecular flexibility index (Phi) is 5.56. The Hall–Kier alpha value is -4.44. The largest absolute Gasteiger partial charge is 0.507 e. The van der Waals surface area contributed by atoms with Gasteiger partial charge in [0, 0.05) is 34.4 Å². The highest BCUT2D eigenvalue weighted by Crippen LogP contribution is 2.33. The molecular formula is C27H29N5O2. The Morgan fingerprint density at radius 1 is 1.15 bits per heavy atom. The molecule has 1 aliphatic rings. The predicted molar refractivity (Wildman–Crippen MR) is 137 cm³/mol. The van der Waals surface area contributed by atoms with Gasteiger partial charge in [-0.05, 0) is 61.4 Å². The minimum atomic E-state index is -0.193. The van der Waals surface area contributed by atoms with Crippen molar-refractivity contribution < 1.29 is 14.2 Å². The lowest BCUT2D eigenvalue weighted by Gasteiger charge is -2.21. The third-order valence-electron chi connectivity index (χ3n) is 6.05. The first-order chi connectivity index (χ1) is 16.5. The molecule has 0 saturated carbocycles. The molecule has 1 atom stereocenters. The van der Waals surface area contributed by atoms with Gasteiger partial charge in [-0.15, -0.1) is 0 Å². The number of benzene rings is 3. The molecule has 0 unspecified atom stereocenters. The number of hydrogen-bond acceptors (Lipinski definition) is 6. The summed E-state index contributed by atoms with van der Waals surface area (Å²) >= 11 is 0. The summed E-state index contributed by atoms with van der Waals surface area (Å²) in [5.41, 5.74) is 3.41. The highest BCUT2D eigenvalue weighted by molar-refractivity contribution is 5.95. The molecule has 2 N–H and O–H groups in total. The highest BCUT2D eigenvalue weighted by atomic mass is 16.3. The number of phenolic OH excluding ortho intramolecular Hbond substituents is 1. The topological polar surface area (TPSA) is 102 Å². The van der Waals surface area contributed by atoms with Crippen LogP contribution in [0.1, 0.15) is 32.2 Å². The third-order valence-corrected chi connectivity index (χ3v) is 6.05. The molecule has 7 heteroatoms. The van der Waals surface area contributed by atoms with Crippen LogP contribution in [-0.2, 0) is 0 Å². The summed E-state index contributed by atoms with van der Waals surface area (Å²) in [6.07, 6.45) is 0.771. The standard InChI is InChI=1S/C27H23N5O2.3H2/c1-17-9-10-21-23(13-17)30-25(22-7-2-3-8-24(22)33)31-26(21)32-12-11-20(16-32)29-27(34)19-6-4-5-18(14-19)15-28;;;/h2-10,13-14,20,33H,11-12,16H2,1H3,(H,29,34);3*1H/t20-;;;/m1.../s1. The maximum Gasteiger partial charge on any atom is 0.251 e. The van der Waals surface area contributed by atoms with E-state index in [2.05, 4.69) is 16.3 Å². The molecule has 34 heavy (non-hydrogen) atoms. The summed E-state index contributed by atoms with van der Waals surface area (Å²) < 4.78 is 0. The third kappa shape index (κ3) is 4.14. The minimum Gasteiger partial charge on any atom is -0.507 e. The molecule has 174 valence electrons. The van der Waals surface area contributed by atoms with E-state index in [0.717, 1.165) is 35.2 Å². The van der Waals surface area contributed by atoms with Crippen LogP contribution in [0.15, 0.2) is 66.7 Å². The number of aryl methyl sites for hydroxylation is 1. The summed E-state index contributed by atoms with van der Waals surface area (Å²) in [4.78, 5) is 24.5. The number of phenols is 1. The van der Waals surface area contributed by atoms with Crippen molar-refractivity contribution in [1.29, 1.82) is 5.26 Å². The van der Waals surface area contributed by atoms with Crippen molar-refractivity contribution in [3.8, 4) is 23.2 Å². The van der Waals surface area contributed by atoms with Gasteiger partial charge in [-0.1, -0.05) is 24.3 Å². The van der Waals surface area contributed by atoms with Crippen molar-refractivity contribution in [2.75, 3.05) is 18.0 Å². The number of anilines is 1. The van der Waals surface area contributed by atoms with Crippen LogP contribution in [-0.4, -0.2) is 40.1 Å². The van der Waals surface area contributed by atoms with Gasteiger partial charge < -0.3 is 15.3 Å².